The minimum atomic E-state index is -0.336. The lowest BCUT2D eigenvalue weighted by molar-refractivity contribution is -0.123. The molecule has 0 bridgehead atoms. The number of anilines is 1. The topological polar surface area (TPSA) is 67.3 Å². The fraction of sp³-hybridized carbons (Fsp3) is 0.353. The van der Waals surface area contributed by atoms with Gasteiger partial charge in [0.25, 0.3) is 5.91 Å². The van der Waals surface area contributed by atoms with Gasteiger partial charge in [0.15, 0.2) is 6.61 Å². The monoisotopic (exact) mass is 330 g/mol. The van der Waals surface area contributed by atoms with Crippen LogP contribution >= 0.6 is 0 Å². The van der Waals surface area contributed by atoms with Crippen molar-refractivity contribution in [3.05, 3.63) is 48.5 Å². The molecule has 1 saturated heterocycles. The van der Waals surface area contributed by atoms with Gasteiger partial charge in [-0.15, -0.1) is 0 Å². The molecule has 1 aromatic carbocycles. The van der Waals surface area contributed by atoms with Crippen LogP contribution in [0.25, 0.3) is 0 Å². The number of aromatic nitrogens is 2. The maximum absolute atomic E-state index is 12.8. The highest BCUT2D eigenvalue weighted by Crippen LogP contribution is 2.15. The summed E-state index contributed by atoms with van der Waals surface area (Å²) in [4.78, 5) is 22.6. The number of hydrogen-bond acceptors (Lipinski definition) is 5. The zero-order valence-electron chi connectivity index (χ0n) is 13.2. The van der Waals surface area contributed by atoms with Crippen LogP contribution in [0.5, 0.6) is 5.75 Å². The van der Waals surface area contributed by atoms with E-state index in [9.17, 15) is 9.18 Å². The second-order valence-electron chi connectivity index (χ2n) is 5.64. The molecule has 0 unspecified atom stereocenters. The van der Waals surface area contributed by atoms with Gasteiger partial charge in [-0.05, 0) is 43.2 Å². The van der Waals surface area contributed by atoms with E-state index in [0.29, 0.717) is 18.2 Å². The summed E-state index contributed by atoms with van der Waals surface area (Å²) in [6.07, 6.45) is 5.29. The van der Waals surface area contributed by atoms with Crippen molar-refractivity contribution in [3.63, 3.8) is 0 Å². The Kier molecular flexibility index (Phi) is 5.20. The third-order valence-electron chi connectivity index (χ3n) is 3.81. The minimum Gasteiger partial charge on any atom is -0.484 e. The van der Waals surface area contributed by atoms with Gasteiger partial charge in [0.1, 0.15) is 11.6 Å². The number of amides is 1. The van der Waals surface area contributed by atoms with Crippen molar-refractivity contribution in [1.82, 2.24) is 15.3 Å². The minimum absolute atomic E-state index is 0.0341. The first kappa shape index (κ1) is 16.2. The molecule has 1 aliphatic heterocycles. The first-order valence-electron chi connectivity index (χ1n) is 7.90. The van der Waals surface area contributed by atoms with Crippen LogP contribution < -0.4 is 15.0 Å². The molecule has 0 saturated carbocycles. The van der Waals surface area contributed by atoms with Crippen LogP contribution in [0.4, 0.5) is 10.3 Å². The smallest absolute Gasteiger partial charge is 0.258 e. The number of carbonyl (C=O) groups is 1. The highest BCUT2D eigenvalue weighted by atomic mass is 19.1. The number of halogens is 1. The summed E-state index contributed by atoms with van der Waals surface area (Å²) >= 11 is 0. The predicted octanol–water partition coefficient (Wildman–Crippen LogP) is 1.78. The van der Waals surface area contributed by atoms with Gasteiger partial charge in [-0.1, -0.05) is 0 Å². The molecule has 1 aliphatic rings. The molecule has 2 heterocycles. The Balaban J connectivity index is 1.48. The van der Waals surface area contributed by atoms with Gasteiger partial charge in [-0.2, -0.15) is 0 Å². The largest absolute Gasteiger partial charge is 0.484 e. The van der Waals surface area contributed by atoms with Crippen molar-refractivity contribution in [2.45, 2.75) is 18.9 Å². The van der Waals surface area contributed by atoms with Gasteiger partial charge in [-0.25, -0.2) is 14.4 Å². The molecule has 1 atom stereocenters. The van der Waals surface area contributed by atoms with Gasteiger partial charge in [0, 0.05) is 31.5 Å². The lowest BCUT2D eigenvalue weighted by atomic mass is 10.1. The molecule has 1 fully saturated rings. The normalized spacial score (nSPS) is 17.4. The summed E-state index contributed by atoms with van der Waals surface area (Å²) in [7, 11) is 0. The number of piperidine rings is 1. The fourth-order valence-corrected chi connectivity index (χ4v) is 2.68. The molecule has 7 heteroatoms. The standard InChI is InChI=1S/C17H19FN4O2/c18-13-4-6-15(7-5-13)24-12-16(23)21-14-3-1-10-22(11-14)17-19-8-2-9-20-17/h2,4-9,14H,1,3,10-12H2,(H,21,23)/t14-/m0/s1. The fourth-order valence-electron chi connectivity index (χ4n) is 2.68. The zero-order chi connectivity index (χ0) is 16.8. The number of carbonyl (C=O) groups excluding carboxylic acids is 1. The number of rotatable bonds is 5. The first-order valence-corrected chi connectivity index (χ1v) is 7.90. The Labute approximate surface area is 139 Å². The molecule has 126 valence electrons. The van der Waals surface area contributed by atoms with Gasteiger partial charge in [0.2, 0.25) is 5.95 Å². The summed E-state index contributed by atoms with van der Waals surface area (Å²) in [6.45, 7) is 1.46. The Morgan fingerprint density at radius 2 is 2.04 bits per heavy atom. The highest BCUT2D eigenvalue weighted by Gasteiger charge is 2.23. The number of ether oxygens (including phenoxy) is 1. The number of nitrogens with one attached hydrogen (secondary N) is 1. The molecule has 3 rings (SSSR count). The highest BCUT2D eigenvalue weighted by molar-refractivity contribution is 5.78. The molecular formula is C17H19FN4O2. The Morgan fingerprint density at radius 1 is 1.29 bits per heavy atom. The molecule has 0 spiro atoms. The van der Waals surface area contributed by atoms with Crippen molar-refractivity contribution >= 4 is 11.9 Å². The molecule has 0 radical (unpaired) electrons. The van der Waals surface area contributed by atoms with Gasteiger partial charge in [-0.3, -0.25) is 4.79 Å². The third kappa shape index (κ3) is 4.41. The maximum atomic E-state index is 12.8. The lowest BCUT2D eigenvalue weighted by Gasteiger charge is -2.33. The molecule has 1 aromatic heterocycles. The molecular weight excluding hydrogens is 311 g/mol. The molecule has 6 nitrogen and oxygen atoms in total. The summed E-state index contributed by atoms with van der Waals surface area (Å²) in [5.74, 6) is 0.617. The van der Waals surface area contributed by atoms with Gasteiger partial charge < -0.3 is 15.0 Å². The van der Waals surface area contributed by atoms with E-state index in [1.807, 2.05) is 0 Å². The zero-order valence-corrected chi connectivity index (χ0v) is 13.2. The molecule has 1 amide bonds. The number of hydrogen-bond donors (Lipinski definition) is 1. The summed E-state index contributed by atoms with van der Waals surface area (Å²) in [6, 6.07) is 7.40. The summed E-state index contributed by atoms with van der Waals surface area (Å²) in [5.41, 5.74) is 0. The summed E-state index contributed by atoms with van der Waals surface area (Å²) in [5, 5.41) is 2.96. The average molecular weight is 330 g/mol. The Morgan fingerprint density at radius 3 is 2.79 bits per heavy atom. The van der Waals surface area contributed by atoms with Crippen molar-refractivity contribution in [3.8, 4) is 5.75 Å². The SMILES string of the molecule is O=C(COc1ccc(F)cc1)N[C@H]1CCCN(c2ncccn2)C1. The van der Waals surface area contributed by atoms with Crippen LogP contribution in [-0.2, 0) is 4.79 Å². The van der Waals surface area contributed by atoms with Crippen LogP contribution in [0, 0.1) is 5.82 Å². The van der Waals surface area contributed by atoms with E-state index in [1.54, 1.807) is 18.5 Å². The van der Waals surface area contributed by atoms with Gasteiger partial charge >= 0.3 is 0 Å². The maximum Gasteiger partial charge on any atom is 0.258 e. The first-order chi connectivity index (χ1) is 11.7. The van der Waals surface area contributed by atoms with E-state index in [2.05, 4.69) is 20.2 Å². The van der Waals surface area contributed by atoms with Crippen molar-refractivity contribution in [2.75, 3.05) is 24.6 Å². The second kappa shape index (κ2) is 7.72. The molecule has 0 aliphatic carbocycles. The van der Waals surface area contributed by atoms with E-state index in [0.717, 1.165) is 19.4 Å². The number of nitrogens with zero attached hydrogens (tertiary/aromatic N) is 3. The van der Waals surface area contributed by atoms with E-state index in [-0.39, 0.29) is 24.4 Å². The van der Waals surface area contributed by atoms with Crippen molar-refractivity contribution < 1.29 is 13.9 Å². The van der Waals surface area contributed by atoms with Crippen LogP contribution in [0.2, 0.25) is 0 Å². The van der Waals surface area contributed by atoms with E-state index >= 15 is 0 Å². The second-order valence-corrected chi connectivity index (χ2v) is 5.64. The lowest BCUT2D eigenvalue weighted by Crippen LogP contribution is -2.49. The van der Waals surface area contributed by atoms with E-state index in [4.69, 9.17) is 4.74 Å². The molecule has 24 heavy (non-hydrogen) atoms. The van der Waals surface area contributed by atoms with Crippen molar-refractivity contribution in [2.24, 2.45) is 0 Å². The summed E-state index contributed by atoms with van der Waals surface area (Å²) < 4.78 is 18.2. The van der Waals surface area contributed by atoms with Crippen LogP contribution in [0.1, 0.15) is 12.8 Å². The predicted molar refractivity (Wildman–Crippen MR) is 87.3 cm³/mol. The van der Waals surface area contributed by atoms with Crippen LogP contribution in [0.3, 0.4) is 0 Å². The average Bonchev–Trinajstić information content (AvgIpc) is 2.62. The van der Waals surface area contributed by atoms with Crippen LogP contribution in [-0.4, -0.2) is 41.6 Å². The van der Waals surface area contributed by atoms with Crippen molar-refractivity contribution in [1.29, 1.82) is 0 Å². The number of benzene rings is 1. The molecule has 1 N–H and O–H groups in total. The molecule has 2 aromatic rings. The van der Waals surface area contributed by atoms with Gasteiger partial charge in [0.05, 0.1) is 0 Å². The van der Waals surface area contributed by atoms with E-state index in [1.165, 1.54) is 24.3 Å². The third-order valence-corrected chi connectivity index (χ3v) is 3.81. The van der Waals surface area contributed by atoms with Crippen LogP contribution in [0.15, 0.2) is 42.7 Å². The Hall–Kier alpha value is -2.70. The quantitative estimate of drug-likeness (QED) is 0.905. The Bertz CT molecular complexity index is 666. The van der Waals surface area contributed by atoms with E-state index < -0.39 is 0 Å².